The number of nitrogens with one attached hydrogen (secondary N) is 1. The zero-order valence-corrected chi connectivity index (χ0v) is 27.1. The lowest BCUT2D eigenvalue weighted by Gasteiger charge is -2.25. The number of rotatable bonds is 9. The molecule has 4 atom stereocenters. The molecule has 2 saturated heterocycles. The van der Waals surface area contributed by atoms with Crippen molar-refractivity contribution in [3.8, 4) is 17.3 Å². The van der Waals surface area contributed by atoms with Gasteiger partial charge in [0.25, 0.3) is 11.8 Å². The molecule has 10 nitrogen and oxygen atoms in total. The van der Waals surface area contributed by atoms with Crippen LogP contribution in [0, 0.1) is 5.92 Å². The summed E-state index contributed by atoms with van der Waals surface area (Å²) in [4.78, 5) is 33.8. The molecule has 3 aliphatic rings. The molecule has 2 aromatic carbocycles. The van der Waals surface area contributed by atoms with Crippen molar-refractivity contribution in [2.75, 3.05) is 14.2 Å². The second-order valence-electron chi connectivity index (χ2n) is 13.8. The molecule has 0 radical (unpaired) electrons. The summed E-state index contributed by atoms with van der Waals surface area (Å²) in [6.45, 7) is 6.42. The fraction of sp³-hybridized carbons (Fsp3) is 0.514. The van der Waals surface area contributed by atoms with Crippen LogP contribution in [0.25, 0.3) is 33.5 Å². The van der Waals surface area contributed by atoms with Gasteiger partial charge in [0, 0.05) is 55.3 Å². The topological polar surface area (TPSA) is 117 Å². The molecule has 1 aliphatic carbocycles. The van der Waals surface area contributed by atoms with E-state index >= 15 is 0 Å². The molecule has 2 aromatic heterocycles. The summed E-state index contributed by atoms with van der Waals surface area (Å²) in [5, 5.41) is 4.22. The average molecular weight is 613 g/mol. The zero-order valence-electron chi connectivity index (χ0n) is 27.1. The Balaban J connectivity index is 1.29. The number of fused-ring (bicyclic) bond motifs is 4. The number of hydrogen-bond acceptors (Lipinski definition) is 6. The number of carbonyl (C=O) groups is 2. The maximum absolute atomic E-state index is 13.8. The fourth-order valence-corrected chi connectivity index (χ4v) is 7.35. The summed E-state index contributed by atoms with van der Waals surface area (Å²) >= 11 is 0. The molecule has 3 fully saturated rings. The van der Waals surface area contributed by atoms with Crippen LogP contribution in [0.2, 0.25) is 0 Å². The van der Waals surface area contributed by atoms with Crippen LogP contribution >= 0.6 is 0 Å². The number of aryl methyl sites for hydroxylation is 1. The third-order valence-corrected chi connectivity index (χ3v) is 10.4. The zero-order chi connectivity index (χ0) is 31.8. The van der Waals surface area contributed by atoms with Crippen molar-refractivity contribution in [2.24, 2.45) is 18.7 Å². The molecule has 0 unspecified atom stereocenters. The number of nitrogens with two attached hydrogens (primary N) is 1. The number of nitrogens with zero attached hydrogens (tertiary/aromatic N) is 4. The number of benzene rings is 2. The van der Waals surface area contributed by atoms with Gasteiger partial charge in [0.15, 0.2) is 5.82 Å². The van der Waals surface area contributed by atoms with E-state index < -0.39 is 5.60 Å². The van der Waals surface area contributed by atoms with Crippen LogP contribution in [0.5, 0.6) is 5.75 Å². The first-order valence-electron chi connectivity index (χ1n) is 16.1. The molecule has 4 heterocycles. The molecule has 238 valence electrons. The van der Waals surface area contributed by atoms with Gasteiger partial charge in [-0.3, -0.25) is 9.59 Å². The van der Waals surface area contributed by atoms with Gasteiger partial charge in [-0.15, -0.1) is 0 Å². The number of carbonyl (C=O) groups excluding carboxylic acids is 2. The van der Waals surface area contributed by atoms with Crippen molar-refractivity contribution in [3.05, 3.63) is 47.5 Å². The highest BCUT2D eigenvalue weighted by Gasteiger charge is 2.47. The Morgan fingerprint density at radius 1 is 1.11 bits per heavy atom. The lowest BCUT2D eigenvalue weighted by Crippen LogP contribution is -2.44. The van der Waals surface area contributed by atoms with Crippen LogP contribution < -0.4 is 15.8 Å². The van der Waals surface area contributed by atoms with E-state index in [2.05, 4.69) is 38.7 Å². The van der Waals surface area contributed by atoms with E-state index in [-0.39, 0.29) is 36.0 Å². The summed E-state index contributed by atoms with van der Waals surface area (Å²) in [5.41, 5.74) is 10.8. The molecule has 10 heteroatoms. The first-order chi connectivity index (χ1) is 21.5. The molecular weight excluding hydrogens is 568 g/mol. The van der Waals surface area contributed by atoms with Gasteiger partial charge in [0.05, 0.1) is 24.4 Å². The predicted octanol–water partition coefficient (Wildman–Crippen LogP) is 4.92. The molecule has 1 saturated carbocycles. The van der Waals surface area contributed by atoms with Crippen LogP contribution in [-0.4, -0.2) is 68.8 Å². The smallest absolute Gasteiger partial charge is 0.254 e. The molecule has 0 spiro atoms. The van der Waals surface area contributed by atoms with Crippen molar-refractivity contribution >= 4 is 33.8 Å². The second kappa shape index (κ2) is 10.9. The Hall–Kier alpha value is -3.89. The summed E-state index contributed by atoms with van der Waals surface area (Å²) in [6, 6.07) is 12.5. The summed E-state index contributed by atoms with van der Waals surface area (Å²) < 4.78 is 15.7. The number of methoxy groups -OCH3 is 2. The van der Waals surface area contributed by atoms with E-state index in [4.69, 9.17) is 20.2 Å². The lowest BCUT2D eigenvalue weighted by molar-refractivity contribution is -0.140. The maximum Gasteiger partial charge on any atom is 0.254 e. The number of imidazole rings is 1. The molecular formula is C35H44N6O4. The van der Waals surface area contributed by atoms with Crippen molar-refractivity contribution < 1.29 is 19.1 Å². The van der Waals surface area contributed by atoms with E-state index in [0.717, 1.165) is 64.8 Å². The highest BCUT2D eigenvalue weighted by molar-refractivity contribution is 6.01. The Morgan fingerprint density at radius 2 is 1.89 bits per heavy atom. The van der Waals surface area contributed by atoms with Gasteiger partial charge in [0.1, 0.15) is 16.9 Å². The standard InChI is InChI=1S/C35H44N6O4/c1-19(37-34(43)35(2,3)45-6)21-9-10-22-15-29(40(28(22)14-21)18-20-7-8-20)32-38-26-13-23(16-30(44-5)31(26)39(32)4)33(42)41-24-11-12-27(41)25(36)17-24/h9-10,13-16,19-20,24-25,27H,7-8,11-12,17-18,36H2,1-6H3,(H,37,43)/t19-,24+,25-,27-/m1/s1. The van der Waals surface area contributed by atoms with E-state index in [9.17, 15) is 9.59 Å². The van der Waals surface area contributed by atoms with Crippen LogP contribution in [0.4, 0.5) is 0 Å². The van der Waals surface area contributed by atoms with Gasteiger partial charge >= 0.3 is 0 Å². The minimum atomic E-state index is -0.912. The van der Waals surface area contributed by atoms with Crippen molar-refractivity contribution in [1.29, 1.82) is 0 Å². The molecule has 2 bridgehead atoms. The first-order valence-corrected chi connectivity index (χ1v) is 16.1. The second-order valence-corrected chi connectivity index (χ2v) is 13.8. The quantitative estimate of drug-likeness (QED) is 0.277. The highest BCUT2D eigenvalue weighted by Crippen LogP contribution is 2.41. The number of amides is 2. The van der Waals surface area contributed by atoms with Crippen molar-refractivity contribution in [3.63, 3.8) is 0 Å². The molecule has 2 amide bonds. The normalized spacial score (nSPS) is 22.0. The summed E-state index contributed by atoms with van der Waals surface area (Å²) in [6.07, 6.45) is 5.27. The van der Waals surface area contributed by atoms with Gasteiger partial charge in [-0.2, -0.15) is 0 Å². The van der Waals surface area contributed by atoms with E-state index in [1.54, 1.807) is 28.1 Å². The van der Waals surface area contributed by atoms with E-state index in [0.29, 0.717) is 17.2 Å². The monoisotopic (exact) mass is 612 g/mol. The van der Waals surface area contributed by atoms with Crippen LogP contribution in [-0.2, 0) is 23.1 Å². The van der Waals surface area contributed by atoms with Gasteiger partial charge in [-0.25, -0.2) is 4.98 Å². The third kappa shape index (κ3) is 4.98. The minimum absolute atomic E-state index is 0.00771. The van der Waals surface area contributed by atoms with Gasteiger partial charge in [-0.05, 0) is 88.6 Å². The minimum Gasteiger partial charge on any atom is -0.494 e. The Kier molecular flexibility index (Phi) is 7.20. The summed E-state index contributed by atoms with van der Waals surface area (Å²) in [5.74, 6) is 1.92. The molecule has 4 aromatic rings. The SMILES string of the molecule is COc1cc(C(=O)N2[C@H]3CC[C@@H]2[C@H](N)C3)cc2nc(-c3cc4ccc([C@@H](C)NC(=O)C(C)(C)OC)cc4n3CC3CC3)n(C)c12. The third-order valence-electron chi connectivity index (χ3n) is 10.4. The van der Waals surface area contributed by atoms with Crippen molar-refractivity contribution in [2.45, 2.75) is 89.2 Å². The predicted molar refractivity (Wildman–Crippen MR) is 174 cm³/mol. The average Bonchev–Trinajstić information content (AvgIpc) is 3.34. The lowest BCUT2D eigenvalue weighted by atomic mass is 9.97. The van der Waals surface area contributed by atoms with Crippen LogP contribution in [0.15, 0.2) is 36.4 Å². The Bertz CT molecular complexity index is 1820. The number of aromatic nitrogens is 3. The maximum atomic E-state index is 13.8. The Labute approximate surface area is 263 Å². The summed E-state index contributed by atoms with van der Waals surface area (Å²) in [7, 11) is 5.20. The van der Waals surface area contributed by atoms with Gasteiger partial charge < -0.3 is 34.6 Å². The first kappa shape index (κ1) is 29.8. The molecule has 3 N–H and O–H groups in total. The van der Waals surface area contributed by atoms with Crippen LogP contribution in [0.1, 0.15) is 74.8 Å². The van der Waals surface area contributed by atoms with Gasteiger partial charge in [-0.1, -0.05) is 12.1 Å². The molecule has 7 rings (SSSR count). The van der Waals surface area contributed by atoms with Crippen LogP contribution in [0.3, 0.4) is 0 Å². The molecule has 2 aliphatic heterocycles. The number of ether oxygens (including phenoxy) is 2. The Morgan fingerprint density at radius 3 is 2.53 bits per heavy atom. The fourth-order valence-electron chi connectivity index (χ4n) is 7.35. The highest BCUT2D eigenvalue weighted by atomic mass is 16.5. The van der Waals surface area contributed by atoms with Gasteiger partial charge in [0.2, 0.25) is 0 Å². The van der Waals surface area contributed by atoms with E-state index in [1.807, 2.05) is 31.0 Å². The largest absolute Gasteiger partial charge is 0.494 e. The van der Waals surface area contributed by atoms with E-state index in [1.165, 1.54) is 12.8 Å². The number of hydrogen-bond donors (Lipinski definition) is 2. The molecule has 45 heavy (non-hydrogen) atoms. The van der Waals surface area contributed by atoms with Crippen molar-refractivity contribution in [1.82, 2.24) is 24.3 Å².